The molecule has 7 heteroatoms. The minimum Gasteiger partial charge on any atom is -0.342 e. The van der Waals surface area contributed by atoms with Gasteiger partial charge in [-0.25, -0.2) is 4.98 Å². The van der Waals surface area contributed by atoms with E-state index in [9.17, 15) is 9.59 Å². The Balaban J connectivity index is 1.64. The van der Waals surface area contributed by atoms with Crippen molar-refractivity contribution in [1.29, 1.82) is 0 Å². The first-order valence-corrected chi connectivity index (χ1v) is 11.1. The summed E-state index contributed by atoms with van der Waals surface area (Å²) in [7, 11) is 0. The first kappa shape index (κ1) is 18.3. The molecule has 1 saturated heterocycles. The van der Waals surface area contributed by atoms with Crippen LogP contribution in [-0.4, -0.2) is 39.2 Å². The molecule has 3 heterocycles. The molecule has 0 unspecified atom stereocenters. The van der Waals surface area contributed by atoms with Gasteiger partial charge in [-0.1, -0.05) is 42.8 Å². The SMILES string of the molecule is O=C(CSc1nc2sccc2c(=O)n1-c1ccccc1)N1CCCCCC1. The van der Waals surface area contributed by atoms with Crippen LogP contribution in [0.2, 0.25) is 0 Å². The van der Waals surface area contributed by atoms with Crippen molar-refractivity contribution in [3.63, 3.8) is 0 Å². The molecule has 1 aromatic carbocycles. The van der Waals surface area contributed by atoms with E-state index in [1.807, 2.05) is 46.7 Å². The maximum Gasteiger partial charge on any atom is 0.267 e. The lowest BCUT2D eigenvalue weighted by atomic mass is 10.2. The van der Waals surface area contributed by atoms with Crippen LogP contribution in [0.3, 0.4) is 0 Å². The predicted molar refractivity (Wildman–Crippen MR) is 111 cm³/mol. The Hall–Kier alpha value is -2.12. The smallest absolute Gasteiger partial charge is 0.267 e. The van der Waals surface area contributed by atoms with Crippen molar-refractivity contribution in [1.82, 2.24) is 14.5 Å². The number of aromatic nitrogens is 2. The molecule has 0 atom stereocenters. The summed E-state index contributed by atoms with van der Waals surface area (Å²) in [6.07, 6.45) is 4.54. The second-order valence-electron chi connectivity index (χ2n) is 6.59. The van der Waals surface area contributed by atoms with E-state index in [2.05, 4.69) is 4.98 Å². The van der Waals surface area contributed by atoms with Gasteiger partial charge in [-0.3, -0.25) is 14.2 Å². The number of hydrogen-bond donors (Lipinski definition) is 0. The van der Waals surface area contributed by atoms with Crippen LogP contribution in [0.4, 0.5) is 0 Å². The lowest BCUT2D eigenvalue weighted by Crippen LogP contribution is -2.33. The maximum atomic E-state index is 13.0. The van der Waals surface area contributed by atoms with Gasteiger partial charge in [0.25, 0.3) is 5.56 Å². The zero-order chi connectivity index (χ0) is 18.6. The van der Waals surface area contributed by atoms with Gasteiger partial charge in [0, 0.05) is 13.1 Å². The predicted octanol–water partition coefficient (Wildman–Crippen LogP) is 3.94. The van der Waals surface area contributed by atoms with Crippen LogP contribution in [0, 0.1) is 0 Å². The number of rotatable bonds is 4. The van der Waals surface area contributed by atoms with Gasteiger partial charge in [0.15, 0.2) is 5.16 Å². The summed E-state index contributed by atoms with van der Waals surface area (Å²) in [4.78, 5) is 33.0. The van der Waals surface area contributed by atoms with Crippen LogP contribution in [0.25, 0.3) is 15.9 Å². The molecule has 0 N–H and O–H groups in total. The Morgan fingerprint density at radius 2 is 1.81 bits per heavy atom. The number of carbonyl (C=O) groups is 1. The van der Waals surface area contributed by atoms with E-state index in [-0.39, 0.29) is 11.5 Å². The summed E-state index contributed by atoms with van der Waals surface area (Å²) in [6.45, 7) is 1.67. The number of carbonyl (C=O) groups excluding carboxylic acids is 1. The Labute approximate surface area is 166 Å². The Morgan fingerprint density at radius 1 is 1.07 bits per heavy atom. The minimum atomic E-state index is -0.0860. The van der Waals surface area contributed by atoms with Crippen LogP contribution in [0.1, 0.15) is 25.7 Å². The molecule has 5 nitrogen and oxygen atoms in total. The second kappa shape index (κ2) is 8.27. The quantitative estimate of drug-likeness (QED) is 0.493. The number of hydrogen-bond acceptors (Lipinski definition) is 5. The number of likely N-dealkylation sites (tertiary alicyclic amines) is 1. The fourth-order valence-corrected chi connectivity index (χ4v) is 5.05. The molecule has 0 bridgehead atoms. The number of amides is 1. The summed E-state index contributed by atoms with van der Waals surface area (Å²) >= 11 is 2.80. The minimum absolute atomic E-state index is 0.0860. The summed E-state index contributed by atoms with van der Waals surface area (Å²) in [5, 5.41) is 3.07. The van der Waals surface area contributed by atoms with Crippen molar-refractivity contribution < 1.29 is 4.79 Å². The van der Waals surface area contributed by atoms with Crippen molar-refractivity contribution in [3.05, 3.63) is 52.1 Å². The third-order valence-electron chi connectivity index (χ3n) is 4.76. The van der Waals surface area contributed by atoms with Gasteiger partial charge in [0.2, 0.25) is 5.91 Å². The van der Waals surface area contributed by atoms with E-state index in [1.165, 1.54) is 35.9 Å². The molecule has 2 aromatic heterocycles. The van der Waals surface area contributed by atoms with Crippen LogP contribution in [-0.2, 0) is 4.79 Å². The molecule has 0 radical (unpaired) electrons. The molecule has 3 aromatic rings. The molecule has 0 spiro atoms. The van der Waals surface area contributed by atoms with Gasteiger partial charge in [0.05, 0.1) is 16.8 Å². The zero-order valence-electron chi connectivity index (χ0n) is 15.0. The molecule has 27 heavy (non-hydrogen) atoms. The lowest BCUT2D eigenvalue weighted by molar-refractivity contribution is -0.128. The van der Waals surface area contributed by atoms with E-state index < -0.39 is 0 Å². The molecule has 1 aliphatic heterocycles. The van der Waals surface area contributed by atoms with Crippen molar-refractivity contribution >= 4 is 39.2 Å². The van der Waals surface area contributed by atoms with Gasteiger partial charge in [-0.05, 0) is 36.4 Å². The number of thiophene rings is 1. The van der Waals surface area contributed by atoms with E-state index in [0.29, 0.717) is 16.3 Å². The number of benzene rings is 1. The highest BCUT2D eigenvalue weighted by atomic mass is 32.2. The van der Waals surface area contributed by atoms with Gasteiger partial charge in [0.1, 0.15) is 4.83 Å². The Bertz CT molecular complexity index is 989. The molecule has 140 valence electrons. The highest BCUT2D eigenvalue weighted by Crippen LogP contribution is 2.24. The van der Waals surface area contributed by atoms with Crippen LogP contribution < -0.4 is 5.56 Å². The third kappa shape index (κ3) is 3.94. The monoisotopic (exact) mass is 399 g/mol. The van der Waals surface area contributed by atoms with Crippen LogP contribution >= 0.6 is 23.1 Å². The van der Waals surface area contributed by atoms with Gasteiger partial charge < -0.3 is 4.90 Å². The second-order valence-corrected chi connectivity index (χ2v) is 8.43. The molecule has 0 aliphatic carbocycles. The molecule has 1 amide bonds. The number of para-hydroxylation sites is 1. The standard InChI is InChI=1S/C20H21N3O2S2/c24-17(22-11-6-1-2-7-12-22)14-27-20-21-18-16(10-13-26-18)19(25)23(20)15-8-4-3-5-9-15/h3-5,8-10,13H,1-2,6-7,11-12,14H2. The molecule has 1 fully saturated rings. The van der Waals surface area contributed by atoms with Crippen molar-refractivity contribution in [2.45, 2.75) is 30.8 Å². The Kier molecular flexibility index (Phi) is 5.59. The first-order chi connectivity index (χ1) is 13.2. The first-order valence-electron chi connectivity index (χ1n) is 9.20. The van der Waals surface area contributed by atoms with Crippen molar-refractivity contribution in [2.24, 2.45) is 0 Å². The largest absolute Gasteiger partial charge is 0.342 e. The van der Waals surface area contributed by atoms with E-state index in [1.54, 1.807) is 4.57 Å². The fourth-order valence-electron chi connectivity index (χ4n) is 3.33. The number of nitrogens with zero attached hydrogens (tertiary/aromatic N) is 3. The molecule has 4 rings (SSSR count). The van der Waals surface area contributed by atoms with Crippen LogP contribution in [0.15, 0.2) is 51.7 Å². The Morgan fingerprint density at radius 3 is 2.56 bits per heavy atom. The van der Waals surface area contributed by atoms with Gasteiger partial charge in [-0.15, -0.1) is 11.3 Å². The zero-order valence-corrected chi connectivity index (χ0v) is 16.6. The van der Waals surface area contributed by atoms with Crippen LogP contribution in [0.5, 0.6) is 0 Å². The number of thioether (sulfide) groups is 1. The normalized spacial score (nSPS) is 15.0. The molecular weight excluding hydrogens is 378 g/mol. The van der Waals surface area contributed by atoms with Crippen molar-refractivity contribution in [3.8, 4) is 5.69 Å². The highest BCUT2D eigenvalue weighted by Gasteiger charge is 2.19. The van der Waals surface area contributed by atoms with E-state index in [0.717, 1.165) is 36.4 Å². The summed E-state index contributed by atoms with van der Waals surface area (Å²) < 4.78 is 1.62. The third-order valence-corrected chi connectivity index (χ3v) is 6.49. The molecule has 1 aliphatic rings. The summed E-state index contributed by atoms with van der Waals surface area (Å²) in [5.41, 5.74) is 0.685. The maximum absolute atomic E-state index is 13.0. The average Bonchev–Trinajstić information content (AvgIpc) is 3.00. The van der Waals surface area contributed by atoms with E-state index >= 15 is 0 Å². The summed E-state index contributed by atoms with van der Waals surface area (Å²) in [6, 6.07) is 11.3. The number of fused-ring (bicyclic) bond motifs is 1. The highest BCUT2D eigenvalue weighted by molar-refractivity contribution is 7.99. The summed E-state index contributed by atoms with van der Waals surface area (Å²) in [5.74, 6) is 0.429. The van der Waals surface area contributed by atoms with E-state index in [4.69, 9.17) is 0 Å². The lowest BCUT2D eigenvalue weighted by Gasteiger charge is -2.20. The van der Waals surface area contributed by atoms with Gasteiger partial charge >= 0.3 is 0 Å². The fraction of sp³-hybridized carbons (Fsp3) is 0.350. The van der Waals surface area contributed by atoms with Crippen molar-refractivity contribution in [2.75, 3.05) is 18.8 Å². The molecular formula is C20H21N3O2S2. The topological polar surface area (TPSA) is 55.2 Å². The average molecular weight is 400 g/mol. The molecule has 0 saturated carbocycles. The van der Waals surface area contributed by atoms with Gasteiger partial charge in [-0.2, -0.15) is 0 Å².